The van der Waals surface area contributed by atoms with Crippen molar-refractivity contribution in [3.8, 4) is 0 Å². The summed E-state index contributed by atoms with van der Waals surface area (Å²) < 4.78 is 0. The van der Waals surface area contributed by atoms with E-state index in [1.807, 2.05) is 24.3 Å². The summed E-state index contributed by atoms with van der Waals surface area (Å²) in [6.07, 6.45) is 4.62. The van der Waals surface area contributed by atoms with Gasteiger partial charge >= 0.3 is 0 Å². The molecule has 1 aliphatic heterocycles. The number of hydrogen-bond donors (Lipinski definition) is 2. The summed E-state index contributed by atoms with van der Waals surface area (Å²) in [5, 5.41) is 3.37. The molecule has 1 aromatic carbocycles. The Morgan fingerprint density at radius 3 is 2.71 bits per heavy atom. The lowest BCUT2D eigenvalue weighted by atomic mass is 9.90. The lowest BCUT2D eigenvalue weighted by molar-refractivity contribution is 0.0999. The van der Waals surface area contributed by atoms with Crippen molar-refractivity contribution < 1.29 is 4.79 Å². The number of hydrogen-bond acceptors (Lipinski definition) is 2. The van der Waals surface area contributed by atoms with Crippen LogP contribution in [-0.4, -0.2) is 19.0 Å². The standard InChI is InChI=1S/C14H20N2O/c15-14(17)13-4-2-1-3-12(13)6-5-11-7-9-16-10-8-11/h1-4,11,16H,5-10H2,(H2,15,17). The first-order chi connectivity index (χ1) is 8.27. The van der Waals surface area contributed by atoms with E-state index in [2.05, 4.69) is 5.32 Å². The van der Waals surface area contributed by atoms with E-state index in [-0.39, 0.29) is 5.91 Å². The van der Waals surface area contributed by atoms with Gasteiger partial charge in [0.1, 0.15) is 0 Å². The number of benzene rings is 1. The normalized spacial score (nSPS) is 16.9. The topological polar surface area (TPSA) is 55.1 Å². The van der Waals surface area contributed by atoms with Gasteiger partial charge in [-0.15, -0.1) is 0 Å². The van der Waals surface area contributed by atoms with Crippen LogP contribution in [0.25, 0.3) is 0 Å². The fourth-order valence-corrected chi connectivity index (χ4v) is 2.51. The van der Waals surface area contributed by atoms with Crippen molar-refractivity contribution in [2.24, 2.45) is 11.7 Å². The SMILES string of the molecule is NC(=O)c1ccccc1CCC1CCNCC1. The van der Waals surface area contributed by atoms with E-state index in [1.165, 1.54) is 12.8 Å². The first-order valence-electron chi connectivity index (χ1n) is 6.36. The van der Waals surface area contributed by atoms with Crippen molar-refractivity contribution in [1.29, 1.82) is 0 Å². The third-order valence-corrected chi connectivity index (χ3v) is 3.56. The molecule has 1 amide bonds. The largest absolute Gasteiger partial charge is 0.366 e. The fourth-order valence-electron chi connectivity index (χ4n) is 2.51. The maximum atomic E-state index is 11.3. The van der Waals surface area contributed by atoms with Crippen LogP contribution in [0.1, 0.15) is 35.2 Å². The van der Waals surface area contributed by atoms with Crippen molar-refractivity contribution in [3.63, 3.8) is 0 Å². The molecule has 1 aliphatic rings. The number of piperidine rings is 1. The van der Waals surface area contributed by atoms with E-state index in [0.717, 1.165) is 37.4 Å². The van der Waals surface area contributed by atoms with Gasteiger partial charge in [0.25, 0.3) is 0 Å². The monoisotopic (exact) mass is 232 g/mol. The highest BCUT2D eigenvalue weighted by molar-refractivity contribution is 5.94. The van der Waals surface area contributed by atoms with Crippen molar-refractivity contribution in [2.75, 3.05) is 13.1 Å². The second kappa shape index (κ2) is 5.82. The Morgan fingerprint density at radius 2 is 2.00 bits per heavy atom. The Labute approximate surface area is 102 Å². The summed E-state index contributed by atoms with van der Waals surface area (Å²) in [7, 11) is 0. The molecule has 3 nitrogen and oxygen atoms in total. The van der Waals surface area contributed by atoms with Gasteiger partial charge in [0.05, 0.1) is 0 Å². The van der Waals surface area contributed by atoms with Gasteiger partial charge < -0.3 is 11.1 Å². The molecule has 0 radical (unpaired) electrons. The smallest absolute Gasteiger partial charge is 0.248 e. The number of primary amides is 1. The quantitative estimate of drug-likeness (QED) is 0.830. The van der Waals surface area contributed by atoms with Gasteiger partial charge in [-0.05, 0) is 56.3 Å². The second-order valence-corrected chi connectivity index (χ2v) is 4.75. The molecule has 1 aromatic rings. The van der Waals surface area contributed by atoms with Crippen LogP contribution >= 0.6 is 0 Å². The molecule has 1 heterocycles. The highest BCUT2D eigenvalue weighted by Crippen LogP contribution is 2.20. The van der Waals surface area contributed by atoms with E-state index in [1.54, 1.807) is 0 Å². The van der Waals surface area contributed by atoms with Crippen LogP contribution in [0, 0.1) is 5.92 Å². The molecule has 3 heteroatoms. The molecule has 0 saturated carbocycles. The Bertz CT molecular complexity index is 384. The summed E-state index contributed by atoms with van der Waals surface area (Å²) in [5.41, 5.74) is 7.15. The highest BCUT2D eigenvalue weighted by Gasteiger charge is 2.14. The van der Waals surface area contributed by atoms with Crippen molar-refractivity contribution in [3.05, 3.63) is 35.4 Å². The Hall–Kier alpha value is -1.35. The molecule has 17 heavy (non-hydrogen) atoms. The number of amides is 1. The van der Waals surface area contributed by atoms with Crippen LogP contribution in [0.15, 0.2) is 24.3 Å². The molecular weight excluding hydrogens is 212 g/mol. The number of nitrogens with one attached hydrogen (secondary N) is 1. The molecule has 92 valence electrons. The lowest BCUT2D eigenvalue weighted by Gasteiger charge is -2.22. The van der Waals surface area contributed by atoms with Crippen LogP contribution in [0.3, 0.4) is 0 Å². The number of carbonyl (C=O) groups is 1. The Morgan fingerprint density at radius 1 is 1.29 bits per heavy atom. The minimum atomic E-state index is -0.314. The molecular formula is C14H20N2O. The third-order valence-electron chi connectivity index (χ3n) is 3.56. The summed E-state index contributed by atoms with van der Waals surface area (Å²) in [5.74, 6) is 0.475. The summed E-state index contributed by atoms with van der Waals surface area (Å²) >= 11 is 0. The van der Waals surface area contributed by atoms with Crippen LogP contribution in [-0.2, 0) is 6.42 Å². The molecule has 0 atom stereocenters. The van der Waals surface area contributed by atoms with Crippen molar-refractivity contribution in [1.82, 2.24) is 5.32 Å². The van der Waals surface area contributed by atoms with Crippen LogP contribution < -0.4 is 11.1 Å². The van der Waals surface area contributed by atoms with Gasteiger partial charge in [-0.3, -0.25) is 4.79 Å². The van der Waals surface area contributed by atoms with E-state index in [9.17, 15) is 4.79 Å². The molecule has 0 aliphatic carbocycles. The fraction of sp³-hybridized carbons (Fsp3) is 0.500. The summed E-state index contributed by atoms with van der Waals surface area (Å²) in [6.45, 7) is 2.25. The maximum absolute atomic E-state index is 11.3. The van der Waals surface area contributed by atoms with Crippen molar-refractivity contribution >= 4 is 5.91 Å². The third kappa shape index (κ3) is 3.30. The lowest BCUT2D eigenvalue weighted by Crippen LogP contribution is -2.28. The van der Waals surface area contributed by atoms with Gasteiger partial charge in [0.15, 0.2) is 0 Å². The van der Waals surface area contributed by atoms with Crippen LogP contribution in [0.4, 0.5) is 0 Å². The number of nitrogens with two attached hydrogens (primary N) is 1. The van der Waals surface area contributed by atoms with E-state index < -0.39 is 0 Å². The minimum Gasteiger partial charge on any atom is -0.366 e. The van der Waals surface area contributed by atoms with Gasteiger partial charge in [0.2, 0.25) is 5.91 Å². The molecule has 3 N–H and O–H groups in total. The Kier molecular flexibility index (Phi) is 4.15. The average Bonchev–Trinajstić information content (AvgIpc) is 2.38. The zero-order valence-corrected chi connectivity index (χ0v) is 10.1. The van der Waals surface area contributed by atoms with Gasteiger partial charge in [0, 0.05) is 5.56 Å². The predicted molar refractivity (Wildman–Crippen MR) is 68.9 cm³/mol. The van der Waals surface area contributed by atoms with Gasteiger partial charge in [-0.1, -0.05) is 18.2 Å². The van der Waals surface area contributed by atoms with Crippen LogP contribution in [0.2, 0.25) is 0 Å². The highest BCUT2D eigenvalue weighted by atomic mass is 16.1. The van der Waals surface area contributed by atoms with Gasteiger partial charge in [-0.2, -0.15) is 0 Å². The molecule has 0 aromatic heterocycles. The Balaban J connectivity index is 1.96. The van der Waals surface area contributed by atoms with E-state index >= 15 is 0 Å². The van der Waals surface area contributed by atoms with Gasteiger partial charge in [-0.25, -0.2) is 0 Å². The summed E-state index contributed by atoms with van der Waals surface area (Å²) in [4.78, 5) is 11.3. The van der Waals surface area contributed by atoms with E-state index in [0.29, 0.717) is 5.56 Å². The number of carbonyl (C=O) groups excluding carboxylic acids is 1. The first kappa shape index (κ1) is 12.1. The summed E-state index contributed by atoms with van der Waals surface area (Å²) in [6, 6.07) is 7.68. The predicted octanol–water partition coefficient (Wildman–Crippen LogP) is 1.72. The molecule has 0 spiro atoms. The first-order valence-corrected chi connectivity index (χ1v) is 6.36. The molecule has 1 fully saturated rings. The van der Waals surface area contributed by atoms with E-state index in [4.69, 9.17) is 5.73 Å². The zero-order valence-electron chi connectivity index (χ0n) is 10.1. The van der Waals surface area contributed by atoms with Crippen molar-refractivity contribution in [2.45, 2.75) is 25.7 Å². The molecule has 0 unspecified atom stereocenters. The maximum Gasteiger partial charge on any atom is 0.248 e. The number of aryl methyl sites for hydroxylation is 1. The number of rotatable bonds is 4. The molecule has 0 bridgehead atoms. The zero-order chi connectivity index (χ0) is 12.1. The minimum absolute atomic E-state index is 0.314. The van der Waals surface area contributed by atoms with Crippen LogP contribution in [0.5, 0.6) is 0 Å². The molecule has 2 rings (SSSR count). The average molecular weight is 232 g/mol. The molecule has 1 saturated heterocycles. The second-order valence-electron chi connectivity index (χ2n) is 4.75.